The van der Waals surface area contributed by atoms with E-state index >= 15 is 0 Å². The van der Waals surface area contributed by atoms with Crippen molar-refractivity contribution in [2.75, 3.05) is 33.9 Å². The molecule has 2 aromatic rings. The first-order valence-corrected chi connectivity index (χ1v) is 9.06. The number of hydrogen-bond acceptors (Lipinski definition) is 5. The van der Waals surface area contributed by atoms with Crippen molar-refractivity contribution >= 4 is 5.91 Å². The van der Waals surface area contributed by atoms with E-state index in [4.69, 9.17) is 14.2 Å². The van der Waals surface area contributed by atoms with E-state index < -0.39 is 0 Å². The summed E-state index contributed by atoms with van der Waals surface area (Å²) >= 11 is 0. The van der Waals surface area contributed by atoms with Crippen molar-refractivity contribution < 1.29 is 19.0 Å². The second kappa shape index (κ2) is 8.77. The largest absolute Gasteiger partial charge is 0.496 e. The van der Waals surface area contributed by atoms with Gasteiger partial charge in [-0.3, -0.25) is 9.69 Å². The summed E-state index contributed by atoms with van der Waals surface area (Å²) in [5.74, 6) is 2.28. The van der Waals surface area contributed by atoms with E-state index in [2.05, 4.69) is 5.32 Å². The van der Waals surface area contributed by atoms with Crippen molar-refractivity contribution in [3.63, 3.8) is 0 Å². The lowest BCUT2D eigenvalue weighted by molar-refractivity contribution is -0.122. The summed E-state index contributed by atoms with van der Waals surface area (Å²) in [6.45, 7) is 4.05. The highest BCUT2D eigenvalue weighted by Crippen LogP contribution is 2.31. The molecule has 1 atom stereocenters. The van der Waals surface area contributed by atoms with Gasteiger partial charge in [-0.2, -0.15) is 0 Å². The number of likely N-dealkylation sites (N-methyl/N-ethyl adjacent to an activating group) is 1. The molecule has 3 rings (SSSR count). The van der Waals surface area contributed by atoms with Crippen molar-refractivity contribution in [1.82, 2.24) is 10.2 Å². The van der Waals surface area contributed by atoms with Crippen LogP contribution in [0.1, 0.15) is 24.1 Å². The maximum Gasteiger partial charge on any atom is 0.234 e. The lowest BCUT2D eigenvalue weighted by Gasteiger charge is -2.22. The number of hydrogen-bond donors (Lipinski definition) is 1. The van der Waals surface area contributed by atoms with Gasteiger partial charge in [0.1, 0.15) is 19.0 Å². The molecule has 144 valence electrons. The Morgan fingerprint density at radius 1 is 1.19 bits per heavy atom. The topological polar surface area (TPSA) is 60.0 Å². The van der Waals surface area contributed by atoms with Gasteiger partial charge in [0.15, 0.2) is 11.5 Å². The maximum absolute atomic E-state index is 12.4. The molecular weight excluding hydrogens is 344 g/mol. The molecular formula is C21H26N2O4. The van der Waals surface area contributed by atoms with E-state index in [1.165, 1.54) is 0 Å². The number of carbonyl (C=O) groups is 1. The van der Waals surface area contributed by atoms with E-state index in [1.807, 2.05) is 61.3 Å². The van der Waals surface area contributed by atoms with Gasteiger partial charge in [-0.15, -0.1) is 0 Å². The van der Waals surface area contributed by atoms with Crippen LogP contribution in [0.4, 0.5) is 0 Å². The molecule has 1 aliphatic rings. The van der Waals surface area contributed by atoms with E-state index in [9.17, 15) is 4.79 Å². The number of methoxy groups -OCH3 is 1. The molecule has 1 amide bonds. The Hall–Kier alpha value is -2.73. The average Bonchev–Trinajstić information content (AvgIpc) is 2.67. The molecule has 0 unspecified atom stereocenters. The zero-order chi connectivity index (χ0) is 19.2. The number of carbonyl (C=O) groups excluding carboxylic acids is 1. The Bertz CT molecular complexity index is 794. The van der Waals surface area contributed by atoms with Crippen LogP contribution in [-0.2, 0) is 11.3 Å². The van der Waals surface area contributed by atoms with Crippen molar-refractivity contribution in [1.29, 1.82) is 0 Å². The summed E-state index contributed by atoms with van der Waals surface area (Å²) in [5, 5.41) is 3.03. The minimum Gasteiger partial charge on any atom is -0.496 e. The van der Waals surface area contributed by atoms with Gasteiger partial charge in [0.25, 0.3) is 0 Å². The highest BCUT2D eigenvalue weighted by Gasteiger charge is 2.16. The summed E-state index contributed by atoms with van der Waals surface area (Å²) in [7, 11) is 3.55. The maximum atomic E-state index is 12.4. The number of benzene rings is 2. The molecule has 6 heteroatoms. The summed E-state index contributed by atoms with van der Waals surface area (Å²) < 4.78 is 16.5. The van der Waals surface area contributed by atoms with E-state index in [-0.39, 0.29) is 11.9 Å². The van der Waals surface area contributed by atoms with E-state index in [0.29, 0.717) is 26.3 Å². The zero-order valence-corrected chi connectivity index (χ0v) is 16.0. The van der Waals surface area contributed by atoms with Gasteiger partial charge in [0.2, 0.25) is 5.91 Å². The molecule has 0 saturated heterocycles. The molecule has 0 aliphatic carbocycles. The van der Waals surface area contributed by atoms with E-state index in [1.54, 1.807) is 7.11 Å². The van der Waals surface area contributed by atoms with Gasteiger partial charge in [0, 0.05) is 12.1 Å². The molecule has 0 aromatic heterocycles. The minimum absolute atomic E-state index is 0.0338. The number of rotatable bonds is 7. The van der Waals surface area contributed by atoms with Crippen LogP contribution in [0.5, 0.6) is 17.2 Å². The number of nitrogens with zero attached hydrogens (tertiary/aromatic N) is 1. The number of para-hydroxylation sites is 1. The fourth-order valence-electron chi connectivity index (χ4n) is 3.19. The molecule has 1 heterocycles. The molecule has 1 aliphatic heterocycles. The number of amides is 1. The molecule has 0 bridgehead atoms. The fraction of sp³-hybridized carbons (Fsp3) is 0.381. The highest BCUT2D eigenvalue weighted by atomic mass is 16.6. The molecule has 2 aromatic carbocycles. The molecule has 0 fully saturated rings. The first-order valence-electron chi connectivity index (χ1n) is 9.06. The Morgan fingerprint density at radius 3 is 2.70 bits per heavy atom. The van der Waals surface area contributed by atoms with Gasteiger partial charge < -0.3 is 19.5 Å². The van der Waals surface area contributed by atoms with Crippen molar-refractivity contribution in [2.24, 2.45) is 0 Å². The first kappa shape index (κ1) is 19.0. The standard InChI is InChI=1S/C21H26N2O4/c1-15(17-6-4-5-7-18(17)25-3)22-21(24)14-23(2)13-16-8-9-19-20(12-16)27-11-10-26-19/h4-9,12,15H,10-11,13-14H2,1-3H3,(H,22,24)/t15-/m0/s1. The van der Waals surface area contributed by atoms with Gasteiger partial charge in [-0.1, -0.05) is 24.3 Å². The van der Waals surface area contributed by atoms with Crippen molar-refractivity contribution in [3.8, 4) is 17.2 Å². The molecule has 0 radical (unpaired) electrons. The molecule has 27 heavy (non-hydrogen) atoms. The van der Waals surface area contributed by atoms with Crippen molar-refractivity contribution in [3.05, 3.63) is 53.6 Å². The van der Waals surface area contributed by atoms with Crippen LogP contribution >= 0.6 is 0 Å². The Kier molecular flexibility index (Phi) is 6.19. The minimum atomic E-state index is -0.128. The lowest BCUT2D eigenvalue weighted by Crippen LogP contribution is -2.36. The Labute approximate surface area is 160 Å². The van der Waals surface area contributed by atoms with Crippen molar-refractivity contribution in [2.45, 2.75) is 19.5 Å². The smallest absolute Gasteiger partial charge is 0.234 e. The van der Waals surface area contributed by atoms with Crippen LogP contribution in [0, 0.1) is 0 Å². The fourth-order valence-corrected chi connectivity index (χ4v) is 3.19. The molecule has 0 saturated carbocycles. The lowest BCUT2D eigenvalue weighted by atomic mass is 10.1. The summed E-state index contributed by atoms with van der Waals surface area (Å²) in [6, 6.07) is 13.5. The van der Waals surface area contributed by atoms with Crippen LogP contribution in [0.2, 0.25) is 0 Å². The highest BCUT2D eigenvalue weighted by molar-refractivity contribution is 5.78. The first-order chi connectivity index (χ1) is 13.1. The number of fused-ring (bicyclic) bond motifs is 1. The molecule has 6 nitrogen and oxygen atoms in total. The van der Waals surface area contributed by atoms with Gasteiger partial charge in [0.05, 0.1) is 19.7 Å². The van der Waals surface area contributed by atoms with Crippen LogP contribution in [0.3, 0.4) is 0 Å². The second-order valence-corrected chi connectivity index (χ2v) is 6.68. The predicted molar refractivity (Wildman–Crippen MR) is 103 cm³/mol. The SMILES string of the molecule is COc1ccccc1[C@H](C)NC(=O)CN(C)Cc1ccc2c(c1)OCCO2. The van der Waals surface area contributed by atoms with Gasteiger partial charge in [-0.25, -0.2) is 0 Å². The summed E-state index contributed by atoms with van der Waals surface area (Å²) in [6.07, 6.45) is 0. The average molecular weight is 370 g/mol. The number of ether oxygens (including phenoxy) is 3. The normalized spacial score (nSPS) is 13.9. The number of nitrogens with one attached hydrogen (secondary N) is 1. The summed E-state index contributed by atoms with van der Waals surface area (Å²) in [5.41, 5.74) is 2.04. The third-order valence-corrected chi connectivity index (χ3v) is 4.46. The third-order valence-electron chi connectivity index (χ3n) is 4.46. The molecule has 1 N–H and O–H groups in total. The molecule has 0 spiro atoms. The van der Waals surface area contributed by atoms with Gasteiger partial charge >= 0.3 is 0 Å². The Balaban J connectivity index is 1.54. The second-order valence-electron chi connectivity index (χ2n) is 6.68. The van der Waals surface area contributed by atoms with Gasteiger partial charge in [-0.05, 0) is 37.7 Å². The van der Waals surface area contributed by atoms with Crippen LogP contribution in [-0.4, -0.2) is 44.7 Å². The van der Waals surface area contributed by atoms with Crippen LogP contribution in [0.15, 0.2) is 42.5 Å². The van der Waals surface area contributed by atoms with Crippen LogP contribution < -0.4 is 19.5 Å². The Morgan fingerprint density at radius 2 is 1.93 bits per heavy atom. The third kappa shape index (κ3) is 4.92. The van der Waals surface area contributed by atoms with E-state index in [0.717, 1.165) is 28.4 Å². The predicted octanol–water partition coefficient (Wildman–Crippen LogP) is 2.78. The van der Waals surface area contributed by atoms with Crippen LogP contribution in [0.25, 0.3) is 0 Å². The zero-order valence-electron chi connectivity index (χ0n) is 16.0. The quantitative estimate of drug-likeness (QED) is 0.812. The monoisotopic (exact) mass is 370 g/mol. The summed E-state index contributed by atoms with van der Waals surface area (Å²) in [4.78, 5) is 14.4.